The molecule has 1 amide bonds. The van der Waals surface area contributed by atoms with Crippen LogP contribution < -0.4 is 10.1 Å². The van der Waals surface area contributed by atoms with E-state index in [9.17, 15) is 4.79 Å². The predicted octanol–water partition coefficient (Wildman–Crippen LogP) is 3.39. The van der Waals surface area contributed by atoms with Crippen LogP contribution in [0.5, 0.6) is 5.88 Å². The van der Waals surface area contributed by atoms with Crippen molar-refractivity contribution >= 4 is 34.0 Å². The zero-order valence-electron chi connectivity index (χ0n) is 12.1. The van der Waals surface area contributed by atoms with E-state index in [1.807, 2.05) is 30.3 Å². The van der Waals surface area contributed by atoms with Crippen LogP contribution in [0.15, 0.2) is 48.1 Å². The van der Waals surface area contributed by atoms with Gasteiger partial charge in [-0.05, 0) is 19.1 Å². The van der Waals surface area contributed by atoms with Crippen LogP contribution in [0.2, 0.25) is 5.02 Å². The lowest BCUT2D eigenvalue weighted by Crippen LogP contribution is -2.30. The lowest BCUT2D eigenvalue weighted by atomic mass is 10.3. The van der Waals surface area contributed by atoms with E-state index in [2.05, 4.69) is 15.4 Å². The number of aromatic nitrogens is 3. The molecule has 1 atom stereocenters. The minimum atomic E-state index is -0.754. The molecule has 2 heterocycles. The second-order valence-electron chi connectivity index (χ2n) is 4.65. The molecular formula is C15H13ClN4O2S. The minimum absolute atomic E-state index is 0.206. The maximum absolute atomic E-state index is 12.1. The fraction of sp³-hybridized carbons (Fsp3) is 0.133. The van der Waals surface area contributed by atoms with Gasteiger partial charge in [-0.15, -0.1) is 16.4 Å². The molecule has 0 spiro atoms. The van der Waals surface area contributed by atoms with Crippen molar-refractivity contribution in [1.82, 2.24) is 14.8 Å². The van der Waals surface area contributed by atoms with Gasteiger partial charge in [-0.1, -0.05) is 29.8 Å². The summed E-state index contributed by atoms with van der Waals surface area (Å²) in [5.74, 6) is -0.109. The average molecular weight is 349 g/mol. The third-order valence-electron chi connectivity index (χ3n) is 2.98. The zero-order chi connectivity index (χ0) is 16.2. The van der Waals surface area contributed by atoms with E-state index in [1.54, 1.807) is 29.4 Å². The van der Waals surface area contributed by atoms with Crippen LogP contribution in [0.3, 0.4) is 0 Å². The van der Waals surface area contributed by atoms with Gasteiger partial charge in [0.2, 0.25) is 0 Å². The first-order valence-electron chi connectivity index (χ1n) is 6.81. The van der Waals surface area contributed by atoms with Gasteiger partial charge in [-0.25, -0.2) is 9.67 Å². The summed E-state index contributed by atoms with van der Waals surface area (Å²) in [5, 5.41) is 9.57. The number of carbonyl (C=O) groups excluding carboxylic acids is 1. The van der Waals surface area contributed by atoms with Crippen molar-refractivity contribution in [2.45, 2.75) is 13.0 Å². The number of benzene rings is 1. The van der Waals surface area contributed by atoms with Crippen molar-refractivity contribution in [2.24, 2.45) is 0 Å². The van der Waals surface area contributed by atoms with Crippen molar-refractivity contribution in [3.63, 3.8) is 0 Å². The Hall–Kier alpha value is -2.38. The lowest BCUT2D eigenvalue weighted by molar-refractivity contribution is -0.122. The maximum atomic E-state index is 12.1. The predicted molar refractivity (Wildman–Crippen MR) is 89.4 cm³/mol. The smallest absolute Gasteiger partial charge is 0.266 e. The van der Waals surface area contributed by atoms with E-state index in [-0.39, 0.29) is 11.8 Å². The molecule has 0 aliphatic heterocycles. The first-order valence-corrected chi connectivity index (χ1v) is 8.07. The molecule has 6 nitrogen and oxygen atoms in total. The number of carbonyl (C=O) groups is 1. The molecule has 1 N–H and O–H groups in total. The Bertz CT molecular complexity index is 789. The molecule has 0 bridgehead atoms. The number of nitrogens with zero attached hydrogens (tertiary/aromatic N) is 3. The molecule has 1 aromatic carbocycles. The van der Waals surface area contributed by atoms with Gasteiger partial charge in [-0.3, -0.25) is 10.1 Å². The number of hydrogen-bond acceptors (Lipinski definition) is 5. The van der Waals surface area contributed by atoms with Crippen LogP contribution >= 0.6 is 22.9 Å². The Morgan fingerprint density at radius 1 is 1.39 bits per heavy atom. The summed E-state index contributed by atoms with van der Waals surface area (Å²) in [5.41, 5.74) is 0.851. The summed E-state index contributed by atoms with van der Waals surface area (Å²) >= 11 is 7.47. The van der Waals surface area contributed by atoms with Crippen LogP contribution in [0.1, 0.15) is 6.92 Å². The number of para-hydroxylation sites is 1. The number of halogens is 1. The highest BCUT2D eigenvalue weighted by Gasteiger charge is 2.19. The van der Waals surface area contributed by atoms with Crippen LogP contribution in [-0.2, 0) is 4.79 Å². The Morgan fingerprint density at radius 2 is 2.17 bits per heavy atom. The summed E-state index contributed by atoms with van der Waals surface area (Å²) in [6, 6.07) is 9.50. The summed E-state index contributed by atoms with van der Waals surface area (Å²) in [7, 11) is 0. The van der Waals surface area contributed by atoms with Crippen molar-refractivity contribution < 1.29 is 9.53 Å². The number of hydrogen-bond donors (Lipinski definition) is 1. The van der Waals surface area contributed by atoms with E-state index in [4.69, 9.17) is 16.3 Å². The highest BCUT2D eigenvalue weighted by Crippen LogP contribution is 2.25. The van der Waals surface area contributed by atoms with Crippen molar-refractivity contribution in [2.75, 3.05) is 5.32 Å². The molecule has 0 saturated carbocycles. The van der Waals surface area contributed by atoms with Crippen LogP contribution in [0.4, 0.5) is 5.13 Å². The molecule has 3 rings (SSSR count). The molecule has 1 unspecified atom stereocenters. The number of rotatable bonds is 5. The van der Waals surface area contributed by atoms with Gasteiger partial charge >= 0.3 is 0 Å². The number of thiazole rings is 1. The largest absolute Gasteiger partial charge is 0.462 e. The van der Waals surface area contributed by atoms with Crippen LogP contribution in [0.25, 0.3) is 5.69 Å². The molecule has 2 aromatic heterocycles. The number of nitrogens with one attached hydrogen (secondary N) is 1. The fourth-order valence-electron chi connectivity index (χ4n) is 1.84. The maximum Gasteiger partial charge on any atom is 0.266 e. The third kappa shape index (κ3) is 3.69. The van der Waals surface area contributed by atoms with Gasteiger partial charge in [0.25, 0.3) is 11.8 Å². The van der Waals surface area contributed by atoms with Gasteiger partial charge in [0.1, 0.15) is 5.02 Å². The van der Waals surface area contributed by atoms with Crippen molar-refractivity contribution in [1.29, 1.82) is 0 Å². The van der Waals surface area contributed by atoms with Gasteiger partial charge in [0.15, 0.2) is 11.2 Å². The fourth-order valence-corrected chi connectivity index (χ4v) is 2.55. The van der Waals surface area contributed by atoms with Gasteiger partial charge in [-0.2, -0.15) is 0 Å². The lowest BCUT2D eigenvalue weighted by Gasteiger charge is -2.11. The molecule has 0 fully saturated rings. The number of amides is 1. The van der Waals surface area contributed by atoms with Crippen LogP contribution in [0, 0.1) is 0 Å². The molecule has 8 heteroatoms. The molecule has 118 valence electrons. The SMILES string of the molecule is CC(Oc1nn(-c2ccccc2)cc1Cl)C(=O)Nc1nccs1. The average Bonchev–Trinajstić information content (AvgIpc) is 3.18. The second-order valence-corrected chi connectivity index (χ2v) is 5.95. The zero-order valence-corrected chi connectivity index (χ0v) is 13.7. The van der Waals surface area contributed by atoms with Crippen LogP contribution in [-0.4, -0.2) is 26.8 Å². The standard InChI is InChI=1S/C15H13ClN4O2S/c1-10(13(21)18-15-17-7-8-23-15)22-14-12(16)9-20(19-14)11-5-3-2-4-6-11/h2-10H,1H3,(H,17,18,21). The molecular weight excluding hydrogens is 336 g/mol. The van der Waals surface area contributed by atoms with E-state index in [0.29, 0.717) is 10.2 Å². The normalized spacial score (nSPS) is 11.9. The quantitative estimate of drug-likeness (QED) is 0.767. The summed E-state index contributed by atoms with van der Waals surface area (Å²) < 4.78 is 7.16. The Balaban J connectivity index is 1.70. The molecule has 0 saturated heterocycles. The number of anilines is 1. The summed E-state index contributed by atoms with van der Waals surface area (Å²) in [4.78, 5) is 16.0. The molecule has 0 aliphatic carbocycles. The van der Waals surface area contributed by atoms with Gasteiger partial charge in [0.05, 0.1) is 11.9 Å². The Labute approximate surface area is 141 Å². The van der Waals surface area contributed by atoms with E-state index in [1.165, 1.54) is 11.3 Å². The number of ether oxygens (including phenoxy) is 1. The first kappa shape index (κ1) is 15.5. The van der Waals surface area contributed by atoms with Gasteiger partial charge in [0, 0.05) is 11.6 Å². The van der Waals surface area contributed by atoms with Gasteiger partial charge < -0.3 is 4.74 Å². The summed E-state index contributed by atoms with van der Waals surface area (Å²) in [6.07, 6.45) is 2.50. The Morgan fingerprint density at radius 3 is 2.87 bits per heavy atom. The molecule has 3 aromatic rings. The molecule has 0 radical (unpaired) electrons. The molecule has 0 aliphatic rings. The highest BCUT2D eigenvalue weighted by molar-refractivity contribution is 7.13. The highest BCUT2D eigenvalue weighted by atomic mass is 35.5. The van der Waals surface area contributed by atoms with E-state index < -0.39 is 6.10 Å². The van der Waals surface area contributed by atoms with E-state index in [0.717, 1.165) is 5.69 Å². The van der Waals surface area contributed by atoms with E-state index >= 15 is 0 Å². The monoisotopic (exact) mass is 348 g/mol. The van der Waals surface area contributed by atoms with Crippen molar-refractivity contribution in [3.8, 4) is 11.6 Å². The molecule has 23 heavy (non-hydrogen) atoms. The second kappa shape index (κ2) is 6.80. The Kier molecular flexibility index (Phi) is 4.59. The third-order valence-corrected chi connectivity index (χ3v) is 3.93. The first-order chi connectivity index (χ1) is 11.1. The minimum Gasteiger partial charge on any atom is -0.462 e. The topological polar surface area (TPSA) is 69.0 Å². The van der Waals surface area contributed by atoms with Crippen molar-refractivity contribution in [3.05, 3.63) is 53.1 Å². The summed E-state index contributed by atoms with van der Waals surface area (Å²) in [6.45, 7) is 1.63.